The fourth-order valence-electron chi connectivity index (χ4n) is 4.06. The first kappa shape index (κ1) is 23.9. The molecule has 1 unspecified atom stereocenters. The predicted molar refractivity (Wildman–Crippen MR) is 128 cm³/mol. The second-order valence-corrected chi connectivity index (χ2v) is 7.27. The molecule has 0 spiro atoms. The van der Waals surface area contributed by atoms with E-state index in [-0.39, 0.29) is 6.04 Å². The lowest BCUT2D eigenvalue weighted by Crippen LogP contribution is -2.26. The second kappa shape index (κ2) is 12.4. The first-order valence-corrected chi connectivity index (χ1v) is 11.7. The standard InChI is InChI=1S/C22H26N4.2C2H6/c1-2-19-18-14-17(15-10-12-24-13-11-15)8-9-20(18)26-22(25-19)21(23)16-6-4-3-5-7-16;2*1-2/h8-14,16,21H,2-7,23H2,1H3;2*1-2H3. The van der Waals surface area contributed by atoms with Gasteiger partial charge in [0.15, 0.2) is 0 Å². The molecule has 4 rings (SSSR count). The van der Waals surface area contributed by atoms with Crippen LogP contribution in [0.4, 0.5) is 0 Å². The molecule has 0 aliphatic heterocycles. The Balaban J connectivity index is 0.000000757. The number of rotatable bonds is 4. The third-order valence-corrected chi connectivity index (χ3v) is 5.60. The molecule has 1 aromatic carbocycles. The highest BCUT2D eigenvalue weighted by atomic mass is 14.9. The van der Waals surface area contributed by atoms with Crippen molar-refractivity contribution < 1.29 is 0 Å². The summed E-state index contributed by atoms with van der Waals surface area (Å²) in [5, 5.41) is 1.13. The van der Waals surface area contributed by atoms with E-state index in [0.29, 0.717) is 5.92 Å². The normalized spacial score (nSPS) is 14.9. The van der Waals surface area contributed by atoms with Gasteiger partial charge in [-0.15, -0.1) is 0 Å². The van der Waals surface area contributed by atoms with Crippen LogP contribution in [-0.4, -0.2) is 15.0 Å². The second-order valence-electron chi connectivity index (χ2n) is 7.27. The highest BCUT2D eigenvalue weighted by Crippen LogP contribution is 2.33. The molecule has 3 aromatic rings. The van der Waals surface area contributed by atoms with Gasteiger partial charge in [0.05, 0.1) is 17.3 Å². The highest BCUT2D eigenvalue weighted by molar-refractivity contribution is 5.86. The van der Waals surface area contributed by atoms with Crippen molar-refractivity contribution >= 4 is 10.9 Å². The molecular formula is C26H38N4. The van der Waals surface area contributed by atoms with Crippen molar-refractivity contribution in [1.29, 1.82) is 0 Å². The number of pyridine rings is 1. The molecule has 1 atom stereocenters. The maximum absolute atomic E-state index is 6.57. The van der Waals surface area contributed by atoms with Crippen molar-refractivity contribution in [2.24, 2.45) is 11.7 Å². The molecule has 2 aromatic heterocycles. The Morgan fingerprint density at radius 3 is 2.20 bits per heavy atom. The zero-order chi connectivity index (χ0) is 21.9. The third-order valence-electron chi connectivity index (χ3n) is 5.60. The monoisotopic (exact) mass is 406 g/mol. The van der Waals surface area contributed by atoms with E-state index < -0.39 is 0 Å². The zero-order valence-corrected chi connectivity index (χ0v) is 19.4. The SMILES string of the molecule is CC.CC.CCc1nc(C(N)C2CCCCC2)nc2ccc(-c3ccncc3)cc12. The lowest BCUT2D eigenvalue weighted by molar-refractivity contribution is 0.301. The number of aryl methyl sites for hydroxylation is 1. The molecule has 0 amide bonds. The van der Waals surface area contributed by atoms with Gasteiger partial charge in [0, 0.05) is 17.8 Å². The summed E-state index contributed by atoms with van der Waals surface area (Å²) in [6.45, 7) is 10.1. The Labute approximate surface area is 182 Å². The zero-order valence-electron chi connectivity index (χ0n) is 19.4. The van der Waals surface area contributed by atoms with Crippen molar-refractivity contribution in [1.82, 2.24) is 15.0 Å². The van der Waals surface area contributed by atoms with Gasteiger partial charge in [-0.1, -0.05) is 59.9 Å². The van der Waals surface area contributed by atoms with Gasteiger partial charge in [0.2, 0.25) is 0 Å². The summed E-state index contributed by atoms with van der Waals surface area (Å²) in [5.41, 5.74) is 11.0. The van der Waals surface area contributed by atoms with E-state index in [4.69, 9.17) is 15.7 Å². The molecule has 0 saturated heterocycles. The van der Waals surface area contributed by atoms with Crippen LogP contribution >= 0.6 is 0 Å². The Hall–Kier alpha value is -2.33. The van der Waals surface area contributed by atoms with Crippen LogP contribution in [0.15, 0.2) is 42.7 Å². The molecule has 1 aliphatic rings. The van der Waals surface area contributed by atoms with E-state index in [1.54, 1.807) is 0 Å². The molecule has 4 nitrogen and oxygen atoms in total. The van der Waals surface area contributed by atoms with Gasteiger partial charge in [0.1, 0.15) is 5.82 Å². The van der Waals surface area contributed by atoms with E-state index in [0.717, 1.165) is 34.4 Å². The molecule has 4 heteroatoms. The maximum atomic E-state index is 6.57. The van der Waals surface area contributed by atoms with Crippen molar-refractivity contribution in [2.45, 2.75) is 79.2 Å². The number of hydrogen-bond donors (Lipinski definition) is 1. The number of hydrogen-bond acceptors (Lipinski definition) is 4. The molecule has 0 bridgehead atoms. The van der Waals surface area contributed by atoms with E-state index in [9.17, 15) is 0 Å². The van der Waals surface area contributed by atoms with Gasteiger partial charge in [0.25, 0.3) is 0 Å². The highest BCUT2D eigenvalue weighted by Gasteiger charge is 2.24. The molecule has 30 heavy (non-hydrogen) atoms. The Kier molecular flexibility index (Phi) is 9.88. The predicted octanol–water partition coefficient (Wildman–Crippen LogP) is 6.89. The number of benzene rings is 1. The Bertz CT molecular complexity index is 886. The molecule has 162 valence electrons. The smallest absolute Gasteiger partial charge is 0.146 e. The van der Waals surface area contributed by atoms with E-state index >= 15 is 0 Å². The van der Waals surface area contributed by atoms with Crippen LogP contribution < -0.4 is 5.73 Å². The number of nitrogens with zero attached hydrogens (tertiary/aromatic N) is 3. The number of aromatic nitrogens is 3. The van der Waals surface area contributed by atoms with Gasteiger partial charge >= 0.3 is 0 Å². The minimum Gasteiger partial charge on any atom is -0.321 e. The van der Waals surface area contributed by atoms with Crippen molar-refractivity contribution in [3.05, 3.63) is 54.2 Å². The first-order chi connectivity index (χ1) is 14.8. The minimum absolute atomic E-state index is 0.0510. The van der Waals surface area contributed by atoms with Gasteiger partial charge in [-0.05, 0) is 60.6 Å². The van der Waals surface area contributed by atoms with E-state index in [1.807, 2.05) is 52.2 Å². The number of nitrogens with two attached hydrogens (primary N) is 1. The summed E-state index contributed by atoms with van der Waals surface area (Å²) >= 11 is 0. The Morgan fingerprint density at radius 2 is 1.57 bits per heavy atom. The van der Waals surface area contributed by atoms with Gasteiger partial charge in [-0.2, -0.15) is 0 Å². The lowest BCUT2D eigenvalue weighted by atomic mass is 9.84. The maximum Gasteiger partial charge on any atom is 0.146 e. The average molecular weight is 407 g/mol. The lowest BCUT2D eigenvalue weighted by Gasteiger charge is -2.26. The summed E-state index contributed by atoms with van der Waals surface area (Å²) in [7, 11) is 0. The minimum atomic E-state index is -0.0510. The average Bonchev–Trinajstić information content (AvgIpc) is 2.86. The van der Waals surface area contributed by atoms with Gasteiger partial charge in [-0.25, -0.2) is 9.97 Å². The first-order valence-electron chi connectivity index (χ1n) is 11.7. The fourth-order valence-corrected chi connectivity index (χ4v) is 4.06. The fraction of sp³-hybridized carbons (Fsp3) is 0.500. The van der Waals surface area contributed by atoms with Crippen molar-refractivity contribution in [2.75, 3.05) is 0 Å². The topological polar surface area (TPSA) is 64.7 Å². The molecular weight excluding hydrogens is 368 g/mol. The van der Waals surface area contributed by atoms with Crippen LogP contribution in [0, 0.1) is 5.92 Å². The molecule has 1 aliphatic carbocycles. The summed E-state index contributed by atoms with van der Waals surface area (Å²) < 4.78 is 0. The Morgan fingerprint density at radius 1 is 0.900 bits per heavy atom. The van der Waals surface area contributed by atoms with Crippen LogP contribution in [0.5, 0.6) is 0 Å². The van der Waals surface area contributed by atoms with Crippen LogP contribution in [0.25, 0.3) is 22.0 Å². The quantitative estimate of drug-likeness (QED) is 0.512. The molecule has 1 saturated carbocycles. The van der Waals surface area contributed by atoms with E-state index in [1.165, 1.54) is 37.7 Å². The largest absolute Gasteiger partial charge is 0.321 e. The van der Waals surface area contributed by atoms with Crippen molar-refractivity contribution in [3.63, 3.8) is 0 Å². The number of fused-ring (bicyclic) bond motifs is 1. The van der Waals surface area contributed by atoms with Crippen LogP contribution in [0.2, 0.25) is 0 Å². The van der Waals surface area contributed by atoms with Crippen LogP contribution in [-0.2, 0) is 6.42 Å². The summed E-state index contributed by atoms with van der Waals surface area (Å²) in [6.07, 6.45) is 10.8. The third kappa shape index (κ3) is 5.63. The van der Waals surface area contributed by atoms with E-state index in [2.05, 4.69) is 30.1 Å². The van der Waals surface area contributed by atoms with Gasteiger partial charge < -0.3 is 5.73 Å². The summed E-state index contributed by atoms with van der Waals surface area (Å²) in [5.74, 6) is 1.33. The molecule has 2 N–H and O–H groups in total. The van der Waals surface area contributed by atoms with Crippen LogP contribution in [0.1, 0.15) is 84.3 Å². The van der Waals surface area contributed by atoms with Crippen molar-refractivity contribution in [3.8, 4) is 11.1 Å². The summed E-state index contributed by atoms with van der Waals surface area (Å²) in [6, 6.07) is 10.4. The summed E-state index contributed by atoms with van der Waals surface area (Å²) in [4.78, 5) is 13.8. The molecule has 0 radical (unpaired) electrons. The van der Waals surface area contributed by atoms with Crippen LogP contribution in [0.3, 0.4) is 0 Å². The molecule has 2 heterocycles. The van der Waals surface area contributed by atoms with Gasteiger partial charge in [-0.3, -0.25) is 4.98 Å². The molecule has 1 fully saturated rings.